The van der Waals surface area contributed by atoms with Crippen molar-refractivity contribution in [3.8, 4) is 0 Å². The second kappa shape index (κ2) is 14.2. The molecule has 0 aliphatic heterocycles. The molecule has 0 radical (unpaired) electrons. The molecule has 2 heterocycles. The SMILES string of the molecule is CC(=O)c1cc(C(CC(=O)CC(SCCS(=O)(=O)O)c2nccc(C(C)=O)n2)SCCS(=O)(=O)O)ncn1. The van der Waals surface area contributed by atoms with E-state index in [0.717, 1.165) is 29.9 Å². The number of ketones is 3. The molecule has 0 saturated carbocycles. The Labute approximate surface area is 228 Å². The molecule has 208 valence electrons. The Bertz CT molecular complexity index is 1280. The van der Waals surface area contributed by atoms with Gasteiger partial charge in [0.25, 0.3) is 20.2 Å². The van der Waals surface area contributed by atoms with E-state index in [2.05, 4.69) is 19.9 Å². The quantitative estimate of drug-likeness (QED) is 0.207. The lowest BCUT2D eigenvalue weighted by Gasteiger charge is -2.18. The fourth-order valence-corrected chi connectivity index (χ4v) is 7.22. The van der Waals surface area contributed by atoms with Gasteiger partial charge in [-0.1, -0.05) is 0 Å². The lowest BCUT2D eigenvalue weighted by atomic mass is 10.1. The number of hydrogen-bond donors (Lipinski definition) is 2. The Hall–Kier alpha value is -2.31. The monoisotopic (exact) mass is 606 g/mol. The Morgan fingerprint density at radius 3 is 1.95 bits per heavy atom. The highest BCUT2D eigenvalue weighted by atomic mass is 32.2. The number of nitrogens with zero attached hydrogens (tertiary/aromatic N) is 4. The summed E-state index contributed by atoms with van der Waals surface area (Å²) in [5, 5.41) is -1.46. The molecule has 17 heteroatoms. The normalized spacial score (nSPS) is 13.6. The topological polar surface area (TPSA) is 212 Å². The fourth-order valence-electron chi connectivity index (χ4n) is 3.03. The standard InChI is InChI=1S/C21H26N4O9S4/c1-13(26)16-3-4-22-21(25-16)20(36-6-8-38(32,33)34)10-15(28)9-19(35-5-7-37(29,30)31)18-11-17(14(2)27)23-12-24-18/h3-4,11-12,19-20H,5-10H2,1-2H3,(H,29,30,31)(H,32,33,34). The Morgan fingerprint density at radius 1 is 0.842 bits per heavy atom. The van der Waals surface area contributed by atoms with Gasteiger partial charge >= 0.3 is 0 Å². The highest BCUT2D eigenvalue weighted by molar-refractivity contribution is 8.00. The molecular weight excluding hydrogens is 581 g/mol. The molecule has 2 atom stereocenters. The van der Waals surface area contributed by atoms with Crippen LogP contribution >= 0.6 is 23.5 Å². The summed E-state index contributed by atoms with van der Waals surface area (Å²) >= 11 is 2.06. The van der Waals surface area contributed by atoms with Crippen molar-refractivity contribution >= 4 is 61.1 Å². The first-order valence-electron chi connectivity index (χ1n) is 11.0. The number of carbonyl (C=O) groups excluding carboxylic acids is 3. The molecule has 2 aromatic heterocycles. The molecule has 0 fully saturated rings. The van der Waals surface area contributed by atoms with Gasteiger partial charge in [0.05, 0.1) is 27.7 Å². The van der Waals surface area contributed by atoms with Gasteiger partial charge in [0.1, 0.15) is 29.3 Å². The van der Waals surface area contributed by atoms with Crippen molar-refractivity contribution in [1.29, 1.82) is 0 Å². The maximum atomic E-state index is 13.2. The number of aromatic nitrogens is 4. The molecule has 0 amide bonds. The van der Waals surface area contributed by atoms with E-state index in [-0.39, 0.29) is 58.9 Å². The van der Waals surface area contributed by atoms with E-state index in [1.807, 2.05) is 0 Å². The highest BCUT2D eigenvalue weighted by Crippen LogP contribution is 2.35. The van der Waals surface area contributed by atoms with Crippen molar-refractivity contribution in [2.75, 3.05) is 23.0 Å². The summed E-state index contributed by atoms with van der Waals surface area (Å²) in [4.78, 5) is 53.0. The smallest absolute Gasteiger partial charge is 0.265 e. The van der Waals surface area contributed by atoms with Gasteiger partial charge in [-0.3, -0.25) is 23.5 Å². The van der Waals surface area contributed by atoms with Crippen molar-refractivity contribution in [3.05, 3.63) is 47.6 Å². The lowest BCUT2D eigenvalue weighted by molar-refractivity contribution is -0.119. The van der Waals surface area contributed by atoms with Crippen LogP contribution in [0.25, 0.3) is 0 Å². The molecule has 2 rings (SSSR count). The summed E-state index contributed by atoms with van der Waals surface area (Å²) in [6.07, 6.45) is 2.16. The van der Waals surface area contributed by atoms with Crippen LogP contribution in [0.3, 0.4) is 0 Å². The summed E-state index contributed by atoms with van der Waals surface area (Å²) < 4.78 is 62.8. The number of Topliss-reactive ketones (excluding diaryl/α,β-unsaturated/α-hetero) is 3. The fraction of sp³-hybridized carbons (Fsp3) is 0.476. The first-order valence-corrected chi connectivity index (χ1v) is 16.3. The van der Waals surface area contributed by atoms with E-state index < -0.39 is 42.2 Å². The van der Waals surface area contributed by atoms with Crippen molar-refractivity contribution in [3.63, 3.8) is 0 Å². The van der Waals surface area contributed by atoms with Gasteiger partial charge in [-0.25, -0.2) is 19.9 Å². The van der Waals surface area contributed by atoms with Crippen LogP contribution in [0.5, 0.6) is 0 Å². The third kappa shape index (κ3) is 11.6. The zero-order chi connectivity index (χ0) is 28.5. The van der Waals surface area contributed by atoms with Crippen molar-refractivity contribution in [1.82, 2.24) is 19.9 Å². The van der Waals surface area contributed by atoms with Crippen LogP contribution < -0.4 is 0 Å². The van der Waals surface area contributed by atoms with Crippen LogP contribution in [0.2, 0.25) is 0 Å². The van der Waals surface area contributed by atoms with E-state index in [9.17, 15) is 31.2 Å². The summed E-state index contributed by atoms with van der Waals surface area (Å²) in [6.45, 7) is 2.62. The van der Waals surface area contributed by atoms with Gasteiger partial charge in [-0.15, -0.1) is 11.8 Å². The molecule has 0 aliphatic carbocycles. The van der Waals surface area contributed by atoms with Gasteiger partial charge in [0.2, 0.25) is 0 Å². The largest absolute Gasteiger partial charge is 0.300 e. The zero-order valence-electron chi connectivity index (χ0n) is 20.4. The van der Waals surface area contributed by atoms with Crippen LogP contribution in [0.1, 0.15) is 69.7 Å². The maximum absolute atomic E-state index is 13.2. The molecule has 0 saturated heterocycles. The summed E-state index contributed by atoms with van der Waals surface area (Å²) in [6, 6.07) is 2.80. The third-order valence-corrected chi connectivity index (χ3v) is 9.28. The Morgan fingerprint density at radius 2 is 1.39 bits per heavy atom. The van der Waals surface area contributed by atoms with E-state index >= 15 is 0 Å². The number of thioether (sulfide) groups is 2. The first kappa shape index (κ1) is 31.9. The van der Waals surface area contributed by atoms with Crippen LogP contribution in [-0.2, 0) is 25.0 Å². The Balaban J connectivity index is 2.29. The molecule has 0 aliphatic rings. The first-order chi connectivity index (χ1) is 17.6. The van der Waals surface area contributed by atoms with E-state index in [1.165, 1.54) is 32.2 Å². The molecule has 13 nitrogen and oxygen atoms in total. The van der Waals surface area contributed by atoms with Crippen LogP contribution in [0.15, 0.2) is 24.7 Å². The molecule has 38 heavy (non-hydrogen) atoms. The minimum absolute atomic E-state index is 0.0630. The molecule has 2 unspecified atom stereocenters. The summed E-state index contributed by atoms with van der Waals surface area (Å²) in [5.41, 5.74) is 0.527. The Kier molecular flexibility index (Phi) is 11.9. The predicted molar refractivity (Wildman–Crippen MR) is 142 cm³/mol. The highest BCUT2D eigenvalue weighted by Gasteiger charge is 2.25. The number of carbonyl (C=O) groups is 3. The van der Waals surface area contributed by atoms with Crippen LogP contribution in [0, 0.1) is 0 Å². The van der Waals surface area contributed by atoms with Gasteiger partial charge in [-0.2, -0.15) is 28.6 Å². The number of rotatable bonds is 16. The van der Waals surface area contributed by atoms with Crippen molar-refractivity contribution in [2.45, 2.75) is 37.2 Å². The van der Waals surface area contributed by atoms with Crippen molar-refractivity contribution < 1.29 is 40.3 Å². The second-order valence-corrected chi connectivity index (χ2v) is 13.7. The predicted octanol–water partition coefficient (Wildman–Crippen LogP) is 2.05. The zero-order valence-corrected chi connectivity index (χ0v) is 23.6. The molecule has 0 aromatic carbocycles. The molecule has 2 N–H and O–H groups in total. The maximum Gasteiger partial charge on any atom is 0.265 e. The van der Waals surface area contributed by atoms with Gasteiger partial charge in [-0.05, 0) is 12.1 Å². The average molecular weight is 607 g/mol. The summed E-state index contributed by atoms with van der Waals surface area (Å²) in [5.74, 6) is -2.16. The molecule has 0 spiro atoms. The van der Waals surface area contributed by atoms with Gasteiger partial charge in [0.15, 0.2) is 11.6 Å². The van der Waals surface area contributed by atoms with E-state index in [0.29, 0.717) is 5.69 Å². The molecular formula is C21H26N4O9S4. The van der Waals surface area contributed by atoms with Crippen LogP contribution in [0.4, 0.5) is 0 Å². The van der Waals surface area contributed by atoms with Gasteiger partial charge in [0, 0.05) is 44.4 Å². The minimum atomic E-state index is -4.26. The average Bonchev–Trinajstić information content (AvgIpc) is 2.81. The van der Waals surface area contributed by atoms with Crippen LogP contribution in [-0.4, -0.2) is 86.2 Å². The van der Waals surface area contributed by atoms with E-state index in [4.69, 9.17) is 9.11 Å². The van der Waals surface area contributed by atoms with Gasteiger partial charge < -0.3 is 0 Å². The molecule has 0 bridgehead atoms. The molecule has 2 aromatic rings. The number of hydrogen-bond acceptors (Lipinski definition) is 13. The summed E-state index contributed by atoms with van der Waals surface area (Å²) in [7, 11) is -8.51. The lowest BCUT2D eigenvalue weighted by Crippen LogP contribution is -2.15. The third-order valence-electron chi connectivity index (χ3n) is 4.85. The van der Waals surface area contributed by atoms with Crippen molar-refractivity contribution in [2.24, 2.45) is 0 Å². The second-order valence-electron chi connectivity index (χ2n) is 7.98. The minimum Gasteiger partial charge on any atom is -0.300 e. The van der Waals surface area contributed by atoms with E-state index in [1.54, 1.807) is 0 Å².